The number of hydrogen-bond acceptors (Lipinski definition) is 2. The van der Waals surface area contributed by atoms with Gasteiger partial charge in [-0.2, -0.15) is 0 Å². The van der Waals surface area contributed by atoms with Gasteiger partial charge in [0.25, 0.3) is 0 Å². The van der Waals surface area contributed by atoms with E-state index in [0.29, 0.717) is 0 Å². The number of nitrogens with two attached hydrogens (primary N) is 1. The standard InChI is InChI=1S/C14H21NO/c1-11-9-12(3-2-8-15)6-7-14(11)16-10-13-4-5-13/h6-7,9,13H,2-5,8,10,15H2,1H3. The molecule has 0 unspecified atom stereocenters. The number of rotatable bonds is 6. The minimum Gasteiger partial charge on any atom is -0.493 e. The molecule has 1 aliphatic carbocycles. The van der Waals surface area contributed by atoms with Gasteiger partial charge in [0.05, 0.1) is 6.61 Å². The summed E-state index contributed by atoms with van der Waals surface area (Å²) < 4.78 is 5.80. The van der Waals surface area contributed by atoms with Crippen LogP contribution in [0, 0.1) is 12.8 Å². The molecule has 0 heterocycles. The van der Waals surface area contributed by atoms with Crippen molar-refractivity contribution in [2.45, 2.75) is 32.6 Å². The molecule has 2 N–H and O–H groups in total. The summed E-state index contributed by atoms with van der Waals surface area (Å²) in [5.41, 5.74) is 8.12. The van der Waals surface area contributed by atoms with Crippen molar-refractivity contribution >= 4 is 0 Å². The average molecular weight is 219 g/mol. The Morgan fingerprint density at radius 2 is 2.19 bits per heavy atom. The van der Waals surface area contributed by atoms with Crippen molar-refractivity contribution in [2.75, 3.05) is 13.2 Å². The van der Waals surface area contributed by atoms with Crippen LogP contribution in [-0.2, 0) is 6.42 Å². The third kappa shape index (κ3) is 3.24. The average Bonchev–Trinajstić information content (AvgIpc) is 3.09. The molecule has 0 aliphatic heterocycles. The molecule has 2 rings (SSSR count). The van der Waals surface area contributed by atoms with Crippen LogP contribution >= 0.6 is 0 Å². The predicted octanol–water partition coefficient (Wildman–Crippen LogP) is 2.68. The van der Waals surface area contributed by atoms with Gasteiger partial charge in [-0.05, 0) is 62.3 Å². The van der Waals surface area contributed by atoms with E-state index in [2.05, 4.69) is 25.1 Å². The van der Waals surface area contributed by atoms with Gasteiger partial charge < -0.3 is 10.5 Å². The lowest BCUT2D eigenvalue weighted by Gasteiger charge is -2.10. The van der Waals surface area contributed by atoms with Crippen LogP contribution in [0.25, 0.3) is 0 Å². The Balaban J connectivity index is 1.92. The number of ether oxygens (including phenoxy) is 1. The van der Waals surface area contributed by atoms with E-state index >= 15 is 0 Å². The third-order valence-corrected chi connectivity index (χ3v) is 3.08. The van der Waals surface area contributed by atoms with Gasteiger partial charge in [-0.1, -0.05) is 12.1 Å². The minimum absolute atomic E-state index is 0.763. The second-order valence-electron chi connectivity index (χ2n) is 4.75. The highest BCUT2D eigenvalue weighted by molar-refractivity contribution is 5.36. The van der Waals surface area contributed by atoms with Gasteiger partial charge in [0.15, 0.2) is 0 Å². The normalized spacial score (nSPS) is 15.1. The Morgan fingerprint density at radius 1 is 1.38 bits per heavy atom. The summed E-state index contributed by atoms with van der Waals surface area (Å²) in [5.74, 6) is 1.86. The molecular formula is C14H21NO. The van der Waals surface area contributed by atoms with Crippen LogP contribution in [0.1, 0.15) is 30.4 Å². The van der Waals surface area contributed by atoms with Gasteiger partial charge >= 0.3 is 0 Å². The largest absolute Gasteiger partial charge is 0.493 e. The van der Waals surface area contributed by atoms with Crippen molar-refractivity contribution in [3.63, 3.8) is 0 Å². The summed E-state index contributed by atoms with van der Waals surface area (Å²) >= 11 is 0. The van der Waals surface area contributed by atoms with E-state index in [4.69, 9.17) is 10.5 Å². The fraction of sp³-hybridized carbons (Fsp3) is 0.571. The van der Waals surface area contributed by atoms with Gasteiger partial charge in [-0.25, -0.2) is 0 Å². The molecule has 1 saturated carbocycles. The van der Waals surface area contributed by atoms with Crippen molar-refractivity contribution in [1.29, 1.82) is 0 Å². The van der Waals surface area contributed by atoms with E-state index in [9.17, 15) is 0 Å². The quantitative estimate of drug-likeness (QED) is 0.798. The first-order chi connectivity index (χ1) is 7.79. The molecule has 1 aromatic carbocycles. The molecule has 0 atom stereocenters. The highest BCUT2D eigenvalue weighted by Crippen LogP contribution is 2.30. The number of aryl methyl sites for hydroxylation is 2. The zero-order valence-electron chi connectivity index (χ0n) is 10.0. The lowest BCUT2D eigenvalue weighted by molar-refractivity contribution is 0.298. The summed E-state index contributed by atoms with van der Waals surface area (Å²) in [6.45, 7) is 3.77. The van der Waals surface area contributed by atoms with Crippen molar-refractivity contribution in [1.82, 2.24) is 0 Å². The zero-order valence-corrected chi connectivity index (χ0v) is 10.0. The van der Waals surface area contributed by atoms with Gasteiger partial charge in [-0.15, -0.1) is 0 Å². The van der Waals surface area contributed by atoms with Crippen molar-refractivity contribution in [2.24, 2.45) is 11.7 Å². The summed E-state index contributed by atoms with van der Waals surface area (Å²) in [6.07, 6.45) is 4.81. The minimum atomic E-state index is 0.763. The van der Waals surface area contributed by atoms with Crippen LogP contribution in [0.3, 0.4) is 0 Å². The molecule has 88 valence electrons. The summed E-state index contributed by atoms with van der Waals surface area (Å²) in [6, 6.07) is 6.48. The van der Waals surface area contributed by atoms with Gasteiger partial charge in [0.1, 0.15) is 5.75 Å². The Bertz CT molecular complexity index is 345. The Hall–Kier alpha value is -1.02. The predicted molar refractivity (Wildman–Crippen MR) is 66.8 cm³/mol. The smallest absolute Gasteiger partial charge is 0.122 e. The molecule has 0 spiro atoms. The van der Waals surface area contributed by atoms with Gasteiger partial charge in [0, 0.05) is 0 Å². The molecule has 16 heavy (non-hydrogen) atoms. The molecule has 2 heteroatoms. The van der Waals surface area contributed by atoms with E-state index < -0.39 is 0 Å². The highest BCUT2D eigenvalue weighted by Gasteiger charge is 2.22. The maximum Gasteiger partial charge on any atom is 0.122 e. The monoisotopic (exact) mass is 219 g/mol. The van der Waals surface area contributed by atoms with Crippen molar-refractivity contribution in [3.05, 3.63) is 29.3 Å². The molecule has 1 aromatic rings. The lowest BCUT2D eigenvalue weighted by atomic mass is 10.1. The first kappa shape index (κ1) is 11.5. The highest BCUT2D eigenvalue weighted by atomic mass is 16.5. The second kappa shape index (κ2) is 5.35. The van der Waals surface area contributed by atoms with Crippen LogP contribution in [0.15, 0.2) is 18.2 Å². The lowest BCUT2D eigenvalue weighted by Crippen LogP contribution is -2.02. The first-order valence-electron chi connectivity index (χ1n) is 6.22. The topological polar surface area (TPSA) is 35.2 Å². The maximum absolute atomic E-state index is 5.80. The zero-order chi connectivity index (χ0) is 11.4. The molecule has 1 fully saturated rings. The van der Waals surface area contributed by atoms with E-state index in [0.717, 1.165) is 37.7 Å². The maximum atomic E-state index is 5.80. The van der Waals surface area contributed by atoms with Crippen LogP contribution in [0.5, 0.6) is 5.75 Å². The second-order valence-corrected chi connectivity index (χ2v) is 4.75. The third-order valence-electron chi connectivity index (χ3n) is 3.08. The summed E-state index contributed by atoms with van der Waals surface area (Å²) in [7, 11) is 0. The SMILES string of the molecule is Cc1cc(CCCN)ccc1OCC1CC1. The van der Waals surface area contributed by atoms with E-state index in [1.54, 1.807) is 0 Å². The molecular weight excluding hydrogens is 198 g/mol. The molecule has 2 nitrogen and oxygen atoms in total. The fourth-order valence-corrected chi connectivity index (χ4v) is 1.83. The molecule has 0 radical (unpaired) electrons. The number of benzene rings is 1. The van der Waals surface area contributed by atoms with Crippen LogP contribution in [-0.4, -0.2) is 13.2 Å². The van der Waals surface area contributed by atoms with Crippen molar-refractivity contribution in [3.8, 4) is 5.75 Å². The van der Waals surface area contributed by atoms with Gasteiger partial charge in [-0.3, -0.25) is 0 Å². The van der Waals surface area contributed by atoms with Crippen LogP contribution < -0.4 is 10.5 Å². The summed E-state index contributed by atoms with van der Waals surface area (Å²) in [5, 5.41) is 0. The Kier molecular flexibility index (Phi) is 3.83. The van der Waals surface area contributed by atoms with E-state index in [1.165, 1.54) is 24.0 Å². The van der Waals surface area contributed by atoms with E-state index in [-0.39, 0.29) is 0 Å². The Labute approximate surface area is 97.8 Å². The van der Waals surface area contributed by atoms with Crippen LogP contribution in [0.4, 0.5) is 0 Å². The first-order valence-corrected chi connectivity index (χ1v) is 6.22. The molecule has 0 bridgehead atoms. The van der Waals surface area contributed by atoms with Crippen LogP contribution in [0.2, 0.25) is 0 Å². The van der Waals surface area contributed by atoms with E-state index in [1.807, 2.05) is 0 Å². The fourth-order valence-electron chi connectivity index (χ4n) is 1.83. The molecule has 0 amide bonds. The molecule has 0 saturated heterocycles. The molecule has 1 aliphatic rings. The van der Waals surface area contributed by atoms with Gasteiger partial charge in [0.2, 0.25) is 0 Å². The Morgan fingerprint density at radius 3 is 2.81 bits per heavy atom. The number of hydrogen-bond donors (Lipinski definition) is 1. The van der Waals surface area contributed by atoms with Crippen molar-refractivity contribution < 1.29 is 4.74 Å². The summed E-state index contributed by atoms with van der Waals surface area (Å²) in [4.78, 5) is 0. The molecule has 0 aromatic heterocycles.